The minimum Gasteiger partial charge on any atom is -0.455 e. The fourth-order valence-corrected chi connectivity index (χ4v) is 9.30. The molecule has 0 amide bonds. The monoisotopic (exact) mass is 693 g/mol. The third kappa shape index (κ3) is 4.86. The van der Waals surface area contributed by atoms with Crippen LogP contribution in [0.4, 0.5) is 17.1 Å². The number of rotatable bonds is 5. The van der Waals surface area contributed by atoms with Gasteiger partial charge in [-0.1, -0.05) is 140 Å². The number of hydrogen-bond acceptors (Lipinski definition) is 3. The van der Waals surface area contributed by atoms with Crippen molar-refractivity contribution in [2.45, 2.75) is 0 Å². The minimum absolute atomic E-state index is 0.898. The molecule has 0 aliphatic heterocycles. The Morgan fingerprint density at radius 1 is 0.396 bits per heavy atom. The van der Waals surface area contributed by atoms with Crippen molar-refractivity contribution < 1.29 is 4.42 Å². The zero-order valence-corrected chi connectivity index (χ0v) is 29.5. The molecule has 0 atom stereocenters. The second-order valence-corrected chi connectivity index (χ2v) is 14.7. The highest BCUT2D eigenvalue weighted by atomic mass is 32.1. The largest absolute Gasteiger partial charge is 0.455 e. The van der Waals surface area contributed by atoms with E-state index in [1.54, 1.807) is 0 Å². The maximum atomic E-state index is 6.49. The number of furan rings is 1. The van der Waals surface area contributed by atoms with Crippen molar-refractivity contribution in [2.24, 2.45) is 0 Å². The number of fused-ring (bicyclic) bond motifs is 9. The number of para-hydroxylation sites is 1. The summed E-state index contributed by atoms with van der Waals surface area (Å²) in [6.45, 7) is 0. The molecule has 0 saturated heterocycles. The van der Waals surface area contributed by atoms with Crippen LogP contribution in [0, 0.1) is 0 Å². The van der Waals surface area contributed by atoms with Crippen LogP contribution in [0.15, 0.2) is 192 Å². The van der Waals surface area contributed by atoms with Gasteiger partial charge in [-0.2, -0.15) is 0 Å². The third-order valence-electron chi connectivity index (χ3n) is 10.7. The Morgan fingerprint density at radius 2 is 1.08 bits per heavy atom. The van der Waals surface area contributed by atoms with E-state index in [-0.39, 0.29) is 0 Å². The standard InChI is InChI=1S/C50H31NOS/c1-2-10-33(11-3-1)40-15-8-16-42-45-30-36(25-29-47(45)52-49(40)42)32-22-26-37(27-23-32)51(46-18-9-17-43-41-14-6-7-19-48(41)53-50(43)46)38-28-24-35-21-20-34-12-4-5-13-39(34)44(35)31-38/h1-31H. The molecule has 0 aliphatic carbocycles. The Bertz CT molecular complexity index is 3170. The van der Waals surface area contributed by atoms with Crippen LogP contribution in [-0.2, 0) is 0 Å². The molecule has 9 aromatic carbocycles. The average molecular weight is 694 g/mol. The SMILES string of the molecule is c1ccc(-c2cccc3c2oc2ccc(-c4ccc(N(c5ccc6ccc7ccccc7c6c5)c5cccc6c5sc5ccccc56)cc4)cc23)cc1. The molecular weight excluding hydrogens is 663 g/mol. The van der Waals surface area contributed by atoms with E-state index < -0.39 is 0 Å². The van der Waals surface area contributed by atoms with Gasteiger partial charge in [-0.3, -0.25) is 0 Å². The summed E-state index contributed by atoms with van der Waals surface area (Å²) in [5.74, 6) is 0. The van der Waals surface area contributed by atoms with Gasteiger partial charge in [0.2, 0.25) is 0 Å². The molecule has 0 radical (unpaired) electrons. The molecule has 0 unspecified atom stereocenters. The zero-order valence-electron chi connectivity index (χ0n) is 28.7. The Kier molecular flexibility index (Phi) is 6.76. The lowest BCUT2D eigenvalue weighted by molar-refractivity contribution is 0.670. The molecule has 11 aromatic rings. The van der Waals surface area contributed by atoms with E-state index in [9.17, 15) is 0 Å². The number of hydrogen-bond donors (Lipinski definition) is 0. The molecule has 0 bridgehead atoms. The summed E-state index contributed by atoms with van der Waals surface area (Å²) in [5, 5.41) is 9.84. The van der Waals surface area contributed by atoms with Crippen LogP contribution in [-0.4, -0.2) is 0 Å². The normalized spacial score (nSPS) is 11.8. The van der Waals surface area contributed by atoms with Crippen molar-refractivity contribution in [2.75, 3.05) is 4.90 Å². The van der Waals surface area contributed by atoms with E-state index in [0.29, 0.717) is 0 Å². The van der Waals surface area contributed by atoms with Gasteiger partial charge in [0.25, 0.3) is 0 Å². The van der Waals surface area contributed by atoms with E-state index in [2.05, 4.69) is 187 Å². The summed E-state index contributed by atoms with van der Waals surface area (Å²) in [7, 11) is 0. The average Bonchev–Trinajstić information content (AvgIpc) is 3.80. The van der Waals surface area contributed by atoms with Gasteiger partial charge in [0.1, 0.15) is 11.2 Å². The summed E-state index contributed by atoms with van der Waals surface area (Å²) >= 11 is 1.86. The summed E-state index contributed by atoms with van der Waals surface area (Å²) in [6, 6.07) is 68.0. The quantitative estimate of drug-likeness (QED) is 0.167. The van der Waals surface area contributed by atoms with Gasteiger partial charge in [0.05, 0.1) is 10.4 Å². The van der Waals surface area contributed by atoms with Gasteiger partial charge in [-0.15, -0.1) is 11.3 Å². The highest BCUT2D eigenvalue weighted by molar-refractivity contribution is 7.26. The first kappa shape index (κ1) is 30.0. The predicted octanol–water partition coefficient (Wildman–Crippen LogP) is 15.1. The topological polar surface area (TPSA) is 16.4 Å². The van der Waals surface area contributed by atoms with Crippen molar-refractivity contribution >= 4 is 92.1 Å². The first-order valence-electron chi connectivity index (χ1n) is 18.0. The van der Waals surface area contributed by atoms with Crippen LogP contribution < -0.4 is 4.90 Å². The Hall–Kier alpha value is -6.68. The number of nitrogens with zero attached hydrogens (tertiary/aromatic N) is 1. The Labute approximate surface area is 310 Å². The van der Waals surface area contributed by atoms with Gasteiger partial charge in [-0.25, -0.2) is 0 Å². The third-order valence-corrected chi connectivity index (χ3v) is 11.9. The van der Waals surface area contributed by atoms with Crippen LogP contribution in [0.3, 0.4) is 0 Å². The number of benzene rings is 9. The van der Waals surface area contributed by atoms with Gasteiger partial charge in [0, 0.05) is 43.2 Å². The molecule has 53 heavy (non-hydrogen) atoms. The Morgan fingerprint density at radius 3 is 1.96 bits per heavy atom. The number of thiophene rings is 1. The van der Waals surface area contributed by atoms with Crippen LogP contribution >= 0.6 is 11.3 Å². The molecule has 0 fully saturated rings. The van der Waals surface area contributed by atoms with Crippen molar-refractivity contribution in [3.05, 3.63) is 188 Å². The lowest BCUT2D eigenvalue weighted by Crippen LogP contribution is -2.10. The molecule has 0 spiro atoms. The van der Waals surface area contributed by atoms with Crippen LogP contribution in [0.1, 0.15) is 0 Å². The first-order valence-corrected chi connectivity index (χ1v) is 18.8. The molecule has 0 saturated carbocycles. The van der Waals surface area contributed by atoms with Crippen molar-refractivity contribution in [1.82, 2.24) is 0 Å². The molecule has 0 aliphatic rings. The van der Waals surface area contributed by atoms with Crippen LogP contribution in [0.5, 0.6) is 0 Å². The fourth-order valence-electron chi connectivity index (χ4n) is 8.09. The van der Waals surface area contributed by atoms with Crippen molar-refractivity contribution in [1.29, 1.82) is 0 Å². The molecular formula is C50H31NOS. The molecule has 0 N–H and O–H groups in total. The van der Waals surface area contributed by atoms with Crippen LogP contribution in [0.25, 0.3) is 85.9 Å². The lowest BCUT2D eigenvalue weighted by Gasteiger charge is -2.27. The molecule has 11 rings (SSSR count). The van der Waals surface area contributed by atoms with Crippen molar-refractivity contribution in [3.8, 4) is 22.3 Å². The van der Waals surface area contributed by atoms with Crippen molar-refractivity contribution in [3.63, 3.8) is 0 Å². The van der Waals surface area contributed by atoms with Crippen LogP contribution in [0.2, 0.25) is 0 Å². The molecule has 2 aromatic heterocycles. The lowest BCUT2D eigenvalue weighted by atomic mass is 9.99. The maximum absolute atomic E-state index is 6.49. The first-order chi connectivity index (χ1) is 26.3. The van der Waals surface area contributed by atoms with Gasteiger partial charge >= 0.3 is 0 Å². The predicted molar refractivity (Wildman–Crippen MR) is 227 cm³/mol. The van der Waals surface area contributed by atoms with Gasteiger partial charge in [0.15, 0.2) is 0 Å². The minimum atomic E-state index is 0.898. The highest BCUT2D eigenvalue weighted by Crippen LogP contribution is 2.46. The highest BCUT2D eigenvalue weighted by Gasteiger charge is 2.19. The zero-order chi connectivity index (χ0) is 34.9. The van der Waals surface area contributed by atoms with E-state index in [0.717, 1.165) is 55.6 Å². The van der Waals surface area contributed by atoms with E-state index in [1.807, 2.05) is 17.4 Å². The maximum Gasteiger partial charge on any atom is 0.143 e. The number of anilines is 3. The van der Waals surface area contributed by atoms with Gasteiger partial charge < -0.3 is 9.32 Å². The molecule has 2 heterocycles. The Balaban J connectivity index is 1.06. The fraction of sp³-hybridized carbons (Fsp3) is 0. The summed E-state index contributed by atoms with van der Waals surface area (Å²) in [5.41, 5.74) is 9.83. The summed E-state index contributed by atoms with van der Waals surface area (Å²) < 4.78 is 9.07. The van der Waals surface area contributed by atoms with E-state index in [4.69, 9.17) is 4.42 Å². The second kappa shape index (κ2) is 11.9. The van der Waals surface area contributed by atoms with E-state index in [1.165, 1.54) is 47.4 Å². The summed E-state index contributed by atoms with van der Waals surface area (Å²) in [4.78, 5) is 2.43. The summed E-state index contributed by atoms with van der Waals surface area (Å²) in [6.07, 6.45) is 0. The molecule has 2 nitrogen and oxygen atoms in total. The van der Waals surface area contributed by atoms with Gasteiger partial charge in [-0.05, 0) is 86.8 Å². The molecule has 3 heteroatoms. The second-order valence-electron chi connectivity index (χ2n) is 13.7. The smallest absolute Gasteiger partial charge is 0.143 e. The van der Waals surface area contributed by atoms with E-state index >= 15 is 0 Å². The molecule has 248 valence electrons.